The second-order valence-electron chi connectivity index (χ2n) is 4.43. The monoisotopic (exact) mass is 291 g/mol. The Balaban J connectivity index is 1.92. The molecular weight excluding hydrogens is 274 g/mol. The molecule has 0 amide bonds. The summed E-state index contributed by atoms with van der Waals surface area (Å²) in [6, 6.07) is 7.99. The Morgan fingerprint density at radius 2 is 2.25 bits per heavy atom. The summed E-state index contributed by atoms with van der Waals surface area (Å²) in [7, 11) is 0. The topological polar surface area (TPSA) is 59.4 Å². The molecule has 0 aliphatic carbocycles. The maximum absolute atomic E-state index is 10.9. The molecule has 106 valence electrons. The van der Waals surface area contributed by atoms with Gasteiger partial charge in [0.25, 0.3) is 0 Å². The van der Waals surface area contributed by atoms with Gasteiger partial charge in [-0.05, 0) is 31.0 Å². The van der Waals surface area contributed by atoms with Crippen LogP contribution in [0.1, 0.15) is 32.9 Å². The number of carboxylic acid groups (broad SMARTS) is 1. The summed E-state index contributed by atoms with van der Waals surface area (Å²) in [6.07, 6.45) is 1.60. The zero-order chi connectivity index (χ0) is 14.5. The van der Waals surface area contributed by atoms with Gasteiger partial charge in [0.15, 0.2) is 0 Å². The zero-order valence-electron chi connectivity index (χ0n) is 11.5. The molecule has 0 aliphatic rings. The van der Waals surface area contributed by atoms with Crippen LogP contribution in [0.15, 0.2) is 24.3 Å². The average Bonchev–Trinajstić information content (AvgIpc) is 2.80. The average molecular weight is 291 g/mol. The first kappa shape index (κ1) is 14.5. The van der Waals surface area contributed by atoms with E-state index in [1.54, 1.807) is 6.92 Å². The number of benzene rings is 1. The van der Waals surface area contributed by atoms with Gasteiger partial charge in [-0.2, -0.15) is 0 Å². The van der Waals surface area contributed by atoms with Gasteiger partial charge in [0.2, 0.25) is 0 Å². The van der Waals surface area contributed by atoms with Crippen molar-refractivity contribution in [2.45, 2.75) is 26.7 Å². The van der Waals surface area contributed by atoms with Crippen molar-refractivity contribution >= 4 is 17.3 Å². The number of aryl methyl sites for hydroxylation is 2. The fourth-order valence-electron chi connectivity index (χ4n) is 1.87. The lowest BCUT2D eigenvalue weighted by atomic mass is 10.2. The van der Waals surface area contributed by atoms with E-state index in [1.807, 2.05) is 18.2 Å². The van der Waals surface area contributed by atoms with E-state index in [2.05, 4.69) is 18.0 Å². The molecule has 2 rings (SSSR count). The highest BCUT2D eigenvalue weighted by Crippen LogP contribution is 2.19. The van der Waals surface area contributed by atoms with Gasteiger partial charge in [-0.1, -0.05) is 19.1 Å². The van der Waals surface area contributed by atoms with E-state index < -0.39 is 5.97 Å². The molecule has 2 aromatic rings. The Labute approximate surface area is 122 Å². The van der Waals surface area contributed by atoms with Crippen LogP contribution in [-0.4, -0.2) is 22.7 Å². The molecule has 5 heteroatoms. The van der Waals surface area contributed by atoms with Gasteiger partial charge < -0.3 is 9.84 Å². The number of hydrogen-bond donors (Lipinski definition) is 1. The highest BCUT2D eigenvalue weighted by Gasteiger charge is 2.13. The van der Waals surface area contributed by atoms with Gasteiger partial charge in [0, 0.05) is 6.42 Å². The molecule has 20 heavy (non-hydrogen) atoms. The number of thiazole rings is 1. The van der Waals surface area contributed by atoms with E-state index in [-0.39, 0.29) is 0 Å². The normalized spacial score (nSPS) is 10.5. The van der Waals surface area contributed by atoms with Gasteiger partial charge in [0.05, 0.1) is 17.3 Å². The lowest BCUT2D eigenvalue weighted by Gasteiger charge is -2.06. The maximum atomic E-state index is 10.9. The first-order valence-corrected chi connectivity index (χ1v) is 7.33. The largest absolute Gasteiger partial charge is 0.493 e. The maximum Gasteiger partial charge on any atom is 0.347 e. The van der Waals surface area contributed by atoms with E-state index in [4.69, 9.17) is 9.84 Å². The lowest BCUT2D eigenvalue weighted by Crippen LogP contribution is -2.01. The number of carbonyl (C=O) groups is 1. The summed E-state index contributed by atoms with van der Waals surface area (Å²) in [6.45, 7) is 4.32. The van der Waals surface area contributed by atoms with E-state index in [0.29, 0.717) is 23.6 Å². The van der Waals surface area contributed by atoms with E-state index in [9.17, 15) is 4.79 Å². The number of ether oxygens (including phenoxy) is 1. The molecular formula is C15H17NO3S. The Morgan fingerprint density at radius 1 is 1.45 bits per heavy atom. The van der Waals surface area contributed by atoms with Crippen molar-refractivity contribution in [1.29, 1.82) is 0 Å². The number of aromatic nitrogens is 1. The molecule has 0 saturated carbocycles. The lowest BCUT2D eigenvalue weighted by molar-refractivity contribution is 0.0701. The van der Waals surface area contributed by atoms with E-state index in [1.165, 1.54) is 16.9 Å². The third kappa shape index (κ3) is 3.57. The van der Waals surface area contributed by atoms with E-state index in [0.717, 1.165) is 17.2 Å². The first-order valence-electron chi connectivity index (χ1n) is 6.51. The minimum atomic E-state index is -0.914. The summed E-state index contributed by atoms with van der Waals surface area (Å²) in [5, 5.41) is 9.78. The van der Waals surface area contributed by atoms with Crippen LogP contribution in [0.5, 0.6) is 5.75 Å². The molecule has 0 unspecified atom stereocenters. The number of rotatable bonds is 6. The van der Waals surface area contributed by atoms with Crippen LogP contribution in [0.4, 0.5) is 0 Å². The van der Waals surface area contributed by atoms with Crippen molar-refractivity contribution in [3.8, 4) is 5.75 Å². The van der Waals surface area contributed by atoms with Gasteiger partial charge >= 0.3 is 5.97 Å². The molecule has 1 aromatic carbocycles. The number of aromatic carboxylic acids is 1. The summed E-state index contributed by atoms with van der Waals surface area (Å²) in [4.78, 5) is 15.5. The molecule has 1 heterocycles. The van der Waals surface area contributed by atoms with Crippen molar-refractivity contribution < 1.29 is 14.6 Å². The highest BCUT2D eigenvalue weighted by atomic mass is 32.1. The van der Waals surface area contributed by atoms with Crippen molar-refractivity contribution in [2.75, 3.05) is 6.61 Å². The molecule has 0 bridgehead atoms. The van der Waals surface area contributed by atoms with Gasteiger partial charge in [0.1, 0.15) is 10.6 Å². The summed E-state index contributed by atoms with van der Waals surface area (Å²) in [5.41, 5.74) is 1.81. The predicted molar refractivity (Wildman–Crippen MR) is 78.8 cm³/mol. The molecule has 0 atom stereocenters. The number of nitrogens with zero attached hydrogens (tertiary/aromatic N) is 1. The van der Waals surface area contributed by atoms with E-state index >= 15 is 0 Å². The van der Waals surface area contributed by atoms with Crippen molar-refractivity contribution in [3.05, 3.63) is 45.4 Å². The van der Waals surface area contributed by atoms with Crippen LogP contribution >= 0.6 is 11.3 Å². The Bertz CT molecular complexity index is 607. The molecule has 0 radical (unpaired) electrons. The summed E-state index contributed by atoms with van der Waals surface area (Å²) in [5.74, 6) is -0.0705. The predicted octanol–water partition coefficient (Wildman–Crippen LogP) is 3.33. The van der Waals surface area contributed by atoms with Crippen LogP contribution in [0, 0.1) is 6.92 Å². The molecule has 1 N–H and O–H groups in total. The van der Waals surface area contributed by atoms with Crippen molar-refractivity contribution in [3.63, 3.8) is 0 Å². The van der Waals surface area contributed by atoms with Crippen molar-refractivity contribution in [2.24, 2.45) is 0 Å². The Hall–Kier alpha value is -1.88. The minimum absolute atomic E-state index is 0.313. The van der Waals surface area contributed by atoms with Crippen LogP contribution in [0.3, 0.4) is 0 Å². The molecule has 1 aromatic heterocycles. The first-order chi connectivity index (χ1) is 9.60. The van der Waals surface area contributed by atoms with Gasteiger partial charge in [-0.25, -0.2) is 9.78 Å². The molecule has 0 fully saturated rings. The fraction of sp³-hybridized carbons (Fsp3) is 0.333. The summed E-state index contributed by atoms with van der Waals surface area (Å²) < 4.78 is 5.68. The third-order valence-electron chi connectivity index (χ3n) is 2.93. The van der Waals surface area contributed by atoms with Crippen LogP contribution in [0.2, 0.25) is 0 Å². The van der Waals surface area contributed by atoms with Crippen molar-refractivity contribution in [1.82, 2.24) is 4.98 Å². The number of carboxylic acids is 1. The highest BCUT2D eigenvalue weighted by molar-refractivity contribution is 7.13. The standard InChI is InChI=1S/C15H17NO3S/c1-3-11-5-4-6-12(9-11)19-8-7-13-16-10(2)14(20-13)15(17)18/h4-6,9H,3,7-8H2,1-2H3,(H,17,18). The quantitative estimate of drug-likeness (QED) is 0.887. The van der Waals surface area contributed by atoms with Crippen LogP contribution in [-0.2, 0) is 12.8 Å². The van der Waals surface area contributed by atoms with Crippen LogP contribution < -0.4 is 4.74 Å². The van der Waals surface area contributed by atoms with Crippen LogP contribution in [0.25, 0.3) is 0 Å². The smallest absolute Gasteiger partial charge is 0.347 e. The Morgan fingerprint density at radius 3 is 2.90 bits per heavy atom. The van der Waals surface area contributed by atoms with Gasteiger partial charge in [-0.3, -0.25) is 0 Å². The minimum Gasteiger partial charge on any atom is -0.493 e. The SMILES string of the molecule is CCc1cccc(OCCc2nc(C)c(C(=O)O)s2)c1. The Kier molecular flexibility index (Phi) is 4.74. The second kappa shape index (κ2) is 6.52. The second-order valence-corrected chi connectivity index (χ2v) is 5.51. The van der Waals surface area contributed by atoms with Gasteiger partial charge in [-0.15, -0.1) is 11.3 Å². The molecule has 4 nitrogen and oxygen atoms in total. The third-order valence-corrected chi connectivity index (χ3v) is 4.13. The summed E-state index contributed by atoms with van der Waals surface area (Å²) >= 11 is 1.22. The molecule has 0 spiro atoms. The molecule has 0 saturated heterocycles. The number of hydrogen-bond acceptors (Lipinski definition) is 4. The fourth-order valence-corrected chi connectivity index (χ4v) is 2.75. The zero-order valence-corrected chi connectivity index (χ0v) is 12.4. The molecule has 0 aliphatic heterocycles.